The molecule has 12 heavy (non-hydrogen) atoms. The van der Waals surface area contributed by atoms with E-state index < -0.39 is 0 Å². The Bertz CT molecular complexity index is 115. The third-order valence-electron chi connectivity index (χ3n) is 1.92. The van der Waals surface area contributed by atoms with Crippen molar-refractivity contribution < 1.29 is 9.47 Å². The van der Waals surface area contributed by atoms with E-state index in [2.05, 4.69) is 20.8 Å². The predicted octanol–water partition coefficient (Wildman–Crippen LogP) is 1.17. The van der Waals surface area contributed by atoms with E-state index in [9.17, 15) is 0 Å². The molecule has 0 spiro atoms. The summed E-state index contributed by atoms with van der Waals surface area (Å²) < 4.78 is 10.5. The van der Waals surface area contributed by atoms with Gasteiger partial charge >= 0.3 is 0 Å². The van der Waals surface area contributed by atoms with Gasteiger partial charge in [-0.2, -0.15) is 0 Å². The van der Waals surface area contributed by atoms with Crippen LogP contribution in [0.5, 0.6) is 0 Å². The average Bonchev–Trinajstić information content (AvgIpc) is 2.02. The molecule has 0 heterocycles. The van der Waals surface area contributed by atoms with Gasteiger partial charge in [-0.3, -0.25) is 0 Å². The highest BCUT2D eigenvalue weighted by Crippen LogP contribution is 2.13. The van der Waals surface area contributed by atoms with E-state index in [1.54, 1.807) is 7.11 Å². The molecule has 3 heteroatoms. The molecule has 1 unspecified atom stereocenters. The van der Waals surface area contributed by atoms with Crippen molar-refractivity contribution in [1.82, 2.24) is 0 Å². The van der Waals surface area contributed by atoms with E-state index in [-0.39, 0.29) is 11.6 Å². The summed E-state index contributed by atoms with van der Waals surface area (Å²) >= 11 is 0. The maximum absolute atomic E-state index is 5.70. The lowest BCUT2D eigenvalue weighted by atomic mass is 10.1. The molecule has 0 rings (SSSR count). The maximum atomic E-state index is 5.70. The fraction of sp³-hybridized carbons (Fsp3) is 1.00. The molecule has 0 aliphatic heterocycles. The van der Waals surface area contributed by atoms with Gasteiger partial charge in [-0.15, -0.1) is 0 Å². The van der Waals surface area contributed by atoms with E-state index >= 15 is 0 Å². The van der Waals surface area contributed by atoms with Crippen LogP contribution in [0.2, 0.25) is 0 Å². The molecule has 0 radical (unpaired) electrons. The zero-order valence-corrected chi connectivity index (χ0v) is 8.59. The summed E-state index contributed by atoms with van der Waals surface area (Å²) in [5, 5.41) is 0. The van der Waals surface area contributed by atoms with Gasteiger partial charge in [0.2, 0.25) is 0 Å². The molecule has 0 aliphatic carbocycles. The molecular weight excluding hydrogens is 154 g/mol. The van der Waals surface area contributed by atoms with Crippen molar-refractivity contribution in [1.29, 1.82) is 0 Å². The molecular formula is C9H21NO2. The molecule has 0 aromatic heterocycles. The lowest BCUT2D eigenvalue weighted by Crippen LogP contribution is -2.36. The van der Waals surface area contributed by atoms with Crippen LogP contribution in [0.25, 0.3) is 0 Å². The van der Waals surface area contributed by atoms with Crippen molar-refractivity contribution >= 4 is 0 Å². The fourth-order valence-electron chi connectivity index (χ4n) is 0.697. The van der Waals surface area contributed by atoms with Crippen LogP contribution in [0.4, 0.5) is 0 Å². The molecule has 0 saturated carbocycles. The Morgan fingerprint density at radius 1 is 1.33 bits per heavy atom. The largest absolute Gasteiger partial charge is 0.383 e. The summed E-state index contributed by atoms with van der Waals surface area (Å²) in [7, 11) is 1.64. The van der Waals surface area contributed by atoms with Crippen LogP contribution in [0.1, 0.15) is 27.2 Å². The van der Waals surface area contributed by atoms with Crippen LogP contribution in [0.15, 0.2) is 0 Å². The first kappa shape index (κ1) is 11.9. The second kappa shape index (κ2) is 5.51. The van der Waals surface area contributed by atoms with Crippen LogP contribution in [-0.4, -0.2) is 32.0 Å². The van der Waals surface area contributed by atoms with E-state index in [0.717, 1.165) is 6.42 Å². The van der Waals surface area contributed by atoms with Crippen molar-refractivity contribution in [3.05, 3.63) is 0 Å². The number of nitrogens with two attached hydrogens (primary N) is 1. The minimum atomic E-state index is -0.0641. The van der Waals surface area contributed by atoms with Crippen molar-refractivity contribution in [3.63, 3.8) is 0 Å². The molecule has 0 aromatic rings. The Hall–Kier alpha value is -0.120. The van der Waals surface area contributed by atoms with Gasteiger partial charge in [-0.25, -0.2) is 0 Å². The molecule has 3 nitrogen and oxygen atoms in total. The molecule has 1 atom stereocenters. The number of ether oxygens (including phenoxy) is 2. The van der Waals surface area contributed by atoms with Gasteiger partial charge in [-0.1, -0.05) is 6.92 Å². The van der Waals surface area contributed by atoms with E-state index in [1.165, 1.54) is 0 Å². The van der Waals surface area contributed by atoms with Crippen LogP contribution < -0.4 is 5.73 Å². The second-order valence-corrected chi connectivity index (χ2v) is 3.64. The molecule has 74 valence electrons. The van der Waals surface area contributed by atoms with Gasteiger partial charge in [-0.05, 0) is 20.3 Å². The summed E-state index contributed by atoms with van der Waals surface area (Å²) in [6, 6.07) is -0.0131. The Morgan fingerprint density at radius 2 is 1.92 bits per heavy atom. The van der Waals surface area contributed by atoms with Gasteiger partial charge < -0.3 is 15.2 Å². The first-order valence-electron chi connectivity index (χ1n) is 4.40. The first-order chi connectivity index (χ1) is 5.52. The van der Waals surface area contributed by atoms with Gasteiger partial charge in [0.15, 0.2) is 0 Å². The fourth-order valence-corrected chi connectivity index (χ4v) is 0.697. The summed E-state index contributed by atoms with van der Waals surface area (Å²) in [6.45, 7) is 7.34. The Morgan fingerprint density at radius 3 is 2.33 bits per heavy atom. The van der Waals surface area contributed by atoms with Crippen molar-refractivity contribution in [2.45, 2.75) is 38.8 Å². The number of hydrogen-bond acceptors (Lipinski definition) is 3. The van der Waals surface area contributed by atoms with Crippen molar-refractivity contribution in [3.8, 4) is 0 Å². The number of hydrogen-bond donors (Lipinski definition) is 1. The summed E-state index contributed by atoms with van der Waals surface area (Å²) in [4.78, 5) is 0. The van der Waals surface area contributed by atoms with Gasteiger partial charge in [0, 0.05) is 7.11 Å². The average molecular weight is 175 g/mol. The van der Waals surface area contributed by atoms with Gasteiger partial charge in [0.1, 0.15) is 0 Å². The molecule has 0 fully saturated rings. The topological polar surface area (TPSA) is 44.5 Å². The van der Waals surface area contributed by atoms with Crippen molar-refractivity contribution in [2.24, 2.45) is 5.73 Å². The smallest absolute Gasteiger partial charge is 0.0647 e. The van der Waals surface area contributed by atoms with Crippen LogP contribution >= 0.6 is 0 Å². The van der Waals surface area contributed by atoms with Crippen LogP contribution in [0.3, 0.4) is 0 Å². The zero-order valence-electron chi connectivity index (χ0n) is 8.59. The molecule has 0 aliphatic rings. The third-order valence-corrected chi connectivity index (χ3v) is 1.92. The lowest BCUT2D eigenvalue weighted by molar-refractivity contribution is -0.0337. The summed E-state index contributed by atoms with van der Waals surface area (Å²) in [6.07, 6.45) is 0.993. The van der Waals surface area contributed by atoms with E-state index in [0.29, 0.717) is 13.2 Å². The highest BCUT2D eigenvalue weighted by molar-refractivity contribution is 4.68. The zero-order chi connectivity index (χ0) is 9.61. The summed E-state index contributed by atoms with van der Waals surface area (Å²) in [5.74, 6) is 0. The molecule has 0 aromatic carbocycles. The normalized spacial score (nSPS) is 14.8. The highest BCUT2D eigenvalue weighted by Gasteiger charge is 2.16. The molecule has 0 saturated heterocycles. The maximum Gasteiger partial charge on any atom is 0.0647 e. The van der Waals surface area contributed by atoms with Crippen LogP contribution in [-0.2, 0) is 9.47 Å². The Labute approximate surface area is 75.2 Å². The Kier molecular flexibility index (Phi) is 5.46. The van der Waals surface area contributed by atoms with Crippen molar-refractivity contribution in [2.75, 3.05) is 20.3 Å². The van der Waals surface area contributed by atoms with E-state index in [1.807, 2.05) is 0 Å². The Balaban J connectivity index is 3.52. The quantitative estimate of drug-likeness (QED) is 0.659. The SMILES string of the molecule is CCC(C)(C)OCC(N)COC. The third kappa shape index (κ3) is 5.52. The minimum Gasteiger partial charge on any atom is -0.383 e. The summed E-state index contributed by atoms with van der Waals surface area (Å²) in [5.41, 5.74) is 5.63. The predicted molar refractivity (Wildman–Crippen MR) is 50.2 cm³/mol. The number of methoxy groups -OCH3 is 1. The highest BCUT2D eigenvalue weighted by atomic mass is 16.5. The van der Waals surface area contributed by atoms with Crippen LogP contribution in [0, 0.1) is 0 Å². The van der Waals surface area contributed by atoms with Gasteiger partial charge in [0.05, 0.1) is 24.9 Å². The molecule has 0 amide bonds. The standard InChI is InChI=1S/C9H21NO2/c1-5-9(2,3)12-7-8(10)6-11-4/h8H,5-7,10H2,1-4H3. The second-order valence-electron chi connectivity index (χ2n) is 3.64. The number of rotatable bonds is 6. The minimum absolute atomic E-state index is 0.0131. The monoisotopic (exact) mass is 175 g/mol. The molecule has 2 N–H and O–H groups in total. The molecule has 0 bridgehead atoms. The van der Waals surface area contributed by atoms with E-state index in [4.69, 9.17) is 15.2 Å². The van der Waals surface area contributed by atoms with Gasteiger partial charge in [0.25, 0.3) is 0 Å². The lowest BCUT2D eigenvalue weighted by Gasteiger charge is -2.25. The first-order valence-corrected chi connectivity index (χ1v) is 4.40.